The van der Waals surface area contributed by atoms with Crippen LogP contribution in [0.1, 0.15) is 44.4 Å². The third-order valence-corrected chi connectivity index (χ3v) is 7.12. The van der Waals surface area contributed by atoms with Gasteiger partial charge in [-0.25, -0.2) is 8.42 Å². The van der Waals surface area contributed by atoms with Crippen LogP contribution in [0.4, 0.5) is 0 Å². The lowest BCUT2D eigenvalue weighted by molar-refractivity contribution is 0.121. The summed E-state index contributed by atoms with van der Waals surface area (Å²) in [7, 11) is 20.7. The number of hydrogen-bond donors (Lipinski definition) is 0. The van der Waals surface area contributed by atoms with Gasteiger partial charge in [0.1, 0.15) is 39.6 Å². The molecule has 0 spiro atoms. The summed E-state index contributed by atoms with van der Waals surface area (Å²) in [5, 5.41) is 0. The predicted molar refractivity (Wildman–Crippen MR) is 278 cm³/mol. The first-order valence-electron chi connectivity index (χ1n) is 20.9. The van der Waals surface area contributed by atoms with Crippen LogP contribution in [0.5, 0.6) is 23.0 Å². The van der Waals surface area contributed by atoms with Gasteiger partial charge in [0, 0.05) is 101 Å². The first kappa shape index (κ1) is 70.0. The van der Waals surface area contributed by atoms with Crippen molar-refractivity contribution in [3.05, 3.63) is 156 Å². The zero-order chi connectivity index (χ0) is 51.7. The van der Waals surface area contributed by atoms with Crippen LogP contribution < -0.4 is 18.9 Å². The van der Waals surface area contributed by atoms with Crippen molar-refractivity contribution in [1.82, 2.24) is 4.90 Å². The van der Waals surface area contributed by atoms with Crippen molar-refractivity contribution in [2.45, 2.75) is 39.7 Å². The van der Waals surface area contributed by atoms with E-state index >= 15 is 0 Å². The minimum Gasteiger partial charge on any atom is -0.497 e. The summed E-state index contributed by atoms with van der Waals surface area (Å²) < 4.78 is 61.3. The molecule has 0 amide bonds. The summed E-state index contributed by atoms with van der Waals surface area (Å²) >= 11 is 0. The van der Waals surface area contributed by atoms with Crippen LogP contribution in [0.25, 0.3) is 0 Å². The maximum atomic E-state index is 9.63. The molecule has 376 valence electrons. The number of nitrogens with zero attached hydrogens (tertiary/aromatic N) is 1. The van der Waals surface area contributed by atoms with Gasteiger partial charge in [0.05, 0.1) is 21.3 Å². The van der Waals surface area contributed by atoms with Gasteiger partial charge in [-0.15, -0.1) is 0 Å². The molecular formula is C53H87NO11S. The van der Waals surface area contributed by atoms with E-state index in [4.69, 9.17) is 18.9 Å². The second-order valence-corrected chi connectivity index (χ2v) is 16.1. The molecule has 0 fully saturated rings. The van der Waals surface area contributed by atoms with Crippen LogP contribution in [0.3, 0.4) is 0 Å². The monoisotopic (exact) mass is 946 g/mol. The quantitative estimate of drug-likeness (QED) is 0.167. The number of hydrogen-bond acceptors (Lipinski definition) is 12. The Kier molecular flexibility index (Phi) is 52.5. The number of para-hydroxylation sites is 2. The maximum absolute atomic E-state index is 9.63. The van der Waals surface area contributed by atoms with Crippen LogP contribution in [0, 0.1) is 0 Å². The molecule has 0 atom stereocenters. The molecule has 1 aliphatic heterocycles. The fourth-order valence-electron chi connectivity index (χ4n) is 4.41. The maximum Gasteiger partial charge on any atom is 0.144 e. The topological polar surface area (TPSA) is 120 Å². The van der Waals surface area contributed by atoms with Gasteiger partial charge in [-0.1, -0.05) is 125 Å². The van der Waals surface area contributed by atoms with E-state index in [2.05, 4.69) is 79.8 Å². The Bertz CT molecular complexity index is 1700. The molecule has 0 bridgehead atoms. The van der Waals surface area contributed by atoms with Gasteiger partial charge in [0.2, 0.25) is 0 Å². The molecule has 66 heavy (non-hydrogen) atoms. The average Bonchev–Trinajstić information content (AvgIpc) is 3.32. The highest BCUT2D eigenvalue weighted by molar-refractivity contribution is 7.89. The molecule has 0 saturated heterocycles. The molecule has 5 aromatic rings. The molecule has 0 radical (unpaired) electrons. The highest BCUT2D eigenvalue weighted by atomic mass is 32.2. The number of sulfone groups is 1. The van der Waals surface area contributed by atoms with Crippen molar-refractivity contribution in [2.24, 2.45) is 0 Å². The lowest BCUT2D eigenvalue weighted by Gasteiger charge is -2.26. The predicted octanol–water partition coefficient (Wildman–Crippen LogP) is 10.9. The zero-order valence-corrected chi connectivity index (χ0v) is 44.9. The van der Waals surface area contributed by atoms with Crippen LogP contribution in [0.15, 0.2) is 140 Å². The van der Waals surface area contributed by atoms with Crippen LogP contribution in [0.2, 0.25) is 0 Å². The third-order valence-electron chi connectivity index (χ3n) is 7.12. The van der Waals surface area contributed by atoms with E-state index in [0.29, 0.717) is 6.73 Å². The minimum absolute atomic E-state index is 0.0431. The largest absolute Gasteiger partial charge is 0.497 e. The molecule has 1 heterocycles. The summed E-state index contributed by atoms with van der Waals surface area (Å²) in [5.41, 5.74) is 3.76. The van der Waals surface area contributed by atoms with E-state index in [1.54, 1.807) is 92.4 Å². The van der Waals surface area contributed by atoms with Crippen LogP contribution >= 0.6 is 0 Å². The van der Waals surface area contributed by atoms with Crippen molar-refractivity contribution in [3.8, 4) is 23.0 Å². The van der Waals surface area contributed by atoms with E-state index in [-0.39, 0.29) is 5.41 Å². The van der Waals surface area contributed by atoms with Crippen LogP contribution in [-0.4, -0.2) is 132 Å². The molecule has 0 N–H and O–H groups in total. The Morgan fingerprint density at radius 2 is 0.712 bits per heavy atom. The SMILES string of the molecule is CC.CN1COc2ccccc2C1.COC.COC.COC.COC.COC.COc1ccc(C(C)(C)c2ccc(OC)cc2)cc1.COc1ccccc1.CS(C)(=O)=O.c1ccccc1. The van der Waals surface area contributed by atoms with Crippen molar-refractivity contribution < 1.29 is 51.0 Å². The molecule has 12 nitrogen and oxygen atoms in total. The number of ether oxygens (including phenoxy) is 9. The normalized spacial score (nSPS) is 10.2. The summed E-state index contributed by atoms with van der Waals surface area (Å²) in [6, 6.07) is 46.3. The van der Waals surface area contributed by atoms with E-state index in [1.807, 2.05) is 123 Å². The van der Waals surface area contributed by atoms with E-state index in [9.17, 15) is 8.42 Å². The summed E-state index contributed by atoms with van der Waals surface area (Å²) in [4.78, 5) is 2.14. The Morgan fingerprint density at radius 1 is 0.455 bits per heavy atom. The first-order chi connectivity index (χ1) is 31.4. The Balaban J connectivity index is -0.000000228. The van der Waals surface area contributed by atoms with Gasteiger partial charge in [0.25, 0.3) is 0 Å². The van der Waals surface area contributed by atoms with Gasteiger partial charge in [-0.2, -0.15) is 0 Å². The molecular weight excluding hydrogens is 859 g/mol. The highest BCUT2D eigenvalue weighted by Gasteiger charge is 2.23. The number of fused-ring (bicyclic) bond motifs is 1. The minimum atomic E-state index is -2.67. The fraction of sp³-hybridized carbons (Fsp3) is 0.434. The second-order valence-electron chi connectivity index (χ2n) is 13.8. The first-order valence-corrected chi connectivity index (χ1v) is 23.2. The molecule has 1 aliphatic rings. The number of benzene rings is 5. The second kappa shape index (κ2) is 49.4. The summed E-state index contributed by atoms with van der Waals surface area (Å²) in [6.45, 7) is 10.1. The van der Waals surface area contributed by atoms with E-state index in [1.165, 1.54) is 16.7 Å². The lowest BCUT2D eigenvalue weighted by Crippen LogP contribution is -2.27. The standard InChI is InChI=1S/C17H20O2.C9H11NO.C7H8O.C6H6.C2H6O2S.5C2H6O.C2H6/c1-17(2,13-5-9-15(18-3)10-6-13)14-7-11-16(19-4)12-8-14;1-10-6-8-4-2-3-5-9(8)11-7-10;1-8-7-5-3-2-4-6-7;1-2-4-6-5-3-1;1-5(2,3)4;5*1-3-2;1-2/h5-12H,1-4H3;2-5H,6-7H2,1H3;2-6H,1H3;1-6H;1-2H3;5*1-2H3;1-2H3. The highest BCUT2D eigenvalue weighted by Crippen LogP contribution is 2.33. The molecule has 5 aromatic carbocycles. The van der Waals surface area contributed by atoms with E-state index in [0.717, 1.165) is 42.1 Å². The average molecular weight is 946 g/mol. The fourth-order valence-corrected chi connectivity index (χ4v) is 4.41. The van der Waals surface area contributed by atoms with Gasteiger partial charge in [0.15, 0.2) is 0 Å². The molecule has 13 heteroatoms. The third kappa shape index (κ3) is 44.2. The Hall–Kier alpha value is -4.99. The van der Waals surface area contributed by atoms with Crippen molar-refractivity contribution >= 4 is 9.84 Å². The van der Waals surface area contributed by atoms with Crippen molar-refractivity contribution in [3.63, 3.8) is 0 Å². The van der Waals surface area contributed by atoms with Gasteiger partial charge in [-0.05, 0) is 60.6 Å². The van der Waals surface area contributed by atoms with Gasteiger partial charge >= 0.3 is 0 Å². The summed E-state index contributed by atoms with van der Waals surface area (Å²) in [5.74, 6) is 3.71. The Labute approximate surface area is 402 Å². The van der Waals surface area contributed by atoms with Gasteiger partial charge < -0.3 is 42.6 Å². The molecule has 0 aromatic heterocycles. The van der Waals surface area contributed by atoms with Crippen molar-refractivity contribution in [1.29, 1.82) is 0 Å². The zero-order valence-electron chi connectivity index (χ0n) is 44.0. The molecule has 6 rings (SSSR count). The smallest absolute Gasteiger partial charge is 0.144 e. The van der Waals surface area contributed by atoms with E-state index < -0.39 is 9.84 Å². The molecule has 0 unspecified atom stereocenters. The molecule has 0 aliphatic carbocycles. The Morgan fingerprint density at radius 3 is 1.00 bits per heavy atom. The number of methoxy groups -OCH3 is 8. The van der Waals surface area contributed by atoms with Crippen molar-refractivity contribution in [2.75, 3.05) is 119 Å². The van der Waals surface area contributed by atoms with Gasteiger partial charge in [-0.3, -0.25) is 4.90 Å². The number of rotatable bonds is 5. The summed E-state index contributed by atoms with van der Waals surface area (Å²) in [6.07, 6.45) is 2.32. The lowest BCUT2D eigenvalue weighted by atomic mass is 9.78. The molecule has 0 saturated carbocycles. The van der Waals surface area contributed by atoms with Crippen LogP contribution in [-0.2, 0) is 45.5 Å².